The van der Waals surface area contributed by atoms with Crippen LogP contribution in [0.1, 0.15) is 37.3 Å². The van der Waals surface area contributed by atoms with Crippen LogP contribution in [0.4, 0.5) is 0 Å². The van der Waals surface area contributed by atoms with Crippen LogP contribution in [0.25, 0.3) is 0 Å². The van der Waals surface area contributed by atoms with Gasteiger partial charge in [-0.3, -0.25) is 4.79 Å². The third-order valence-corrected chi connectivity index (χ3v) is 4.28. The van der Waals surface area contributed by atoms with Crippen molar-refractivity contribution < 1.29 is 14.3 Å². The third-order valence-electron chi connectivity index (χ3n) is 4.28. The minimum atomic E-state index is -0.393. The molecule has 1 heterocycles. The molecule has 0 aliphatic carbocycles. The molecule has 4 heteroatoms. The number of amides is 1. The molecule has 2 rings (SSSR count). The maximum Gasteiger partial charge on any atom is 0.251 e. The fourth-order valence-electron chi connectivity index (χ4n) is 3.02. The van der Waals surface area contributed by atoms with E-state index in [0.29, 0.717) is 25.7 Å². The number of nitrogens with zero attached hydrogens (tertiary/aromatic N) is 1. The first-order valence-electron chi connectivity index (χ1n) is 8.17. The highest BCUT2D eigenvalue weighted by molar-refractivity contribution is 5.81. The number of hydrogen-bond donors (Lipinski definition) is 0. The predicted octanol–water partition coefficient (Wildman–Crippen LogP) is 2.75. The summed E-state index contributed by atoms with van der Waals surface area (Å²) in [4.78, 5) is 14.4. The molecular formula is C18H27NO3. The molecule has 0 saturated carbocycles. The van der Waals surface area contributed by atoms with Gasteiger partial charge in [0.1, 0.15) is 6.10 Å². The van der Waals surface area contributed by atoms with Crippen LogP contribution in [-0.2, 0) is 14.3 Å². The van der Waals surface area contributed by atoms with Gasteiger partial charge in [-0.1, -0.05) is 24.3 Å². The molecule has 22 heavy (non-hydrogen) atoms. The van der Waals surface area contributed by atoms with E-state index in [0.717, 1.165) is 19.5 Å². The van der Waals surface area contributed by atoms with Crippen LogP contribution in [0, 0.1) is 6.92 Å². The van der Waals surface area contributed by atoms with Crippen LogP contribution in [0.2, 0.25) is 0 Å². The molecule has 4 nitrogen and oxygen atoms in total. The maximum atomic E-state index is 12.4. The third kappa shape index (κ3) is 4.31. The summed E-state index contributed by atoms with van der Waals surface area (Å²) in [5, 5.41) is 0. The summed E-state index contributed by atoms with van der Waals surface area (Å²) in [6.07, 6.45) is 0.637. The van der Waals surface area contributed by atoms with E-state index in [9.17, 15) is 4.79 Å². The van der Waals surface area contributed by atoms with Gasteiger partial charge in [0.25, 0.3) is 5.91 Å². The topological polar surface area (TPSA) is 38.8 Å². The molecule has 122 valence electrons. The maximum absolute atomic E-state index is 12.4. The van der Waals surface area contributed by atoms with Gasteiger partial charge in [-0.05, 0) is 38.3 Å². The summed E-state index contributed by atoms with van der Waals surface area (Å²) >= 11 is 0. The van der Waals surface area contributed by atoms with Gasteiger partial charge < -0.3 is 14.4 Å². The number of carbonyl (C=O) groups is 1. The van der Waals surface area contributed by atoms with Crippen LogP contribution >= 0.6 is 0 Å². The van der Waals surface area contributed by atoms with Crippen LogP contribution < -0.4 is 0 Å². The van der Waals surface area contributed by atoms with E-state index in [4.69, 9.17) is 9.47 Å². The van der Waals surface area contributed by atoms with Crippen LogP contribution in [0.3, 0.4) is 0 Å². The second-order valence-corrected chi connectivity index (χ2v) is 5.84. The number of benzene rings is 1. The summed E-state index contributed by atoms with van der Waals surface area (Å²) in [6, 6.07) is 8.45. The number of likely N-dealkylation sites (tertiary alicyclic amines) is 1. The van der Waals surface area contributed by atoms with Gasteiger partial charge in [0.05, 0.1) is 13.2 Å². The zero-order chi connectivity index (χ0) is 15.9. The van der Waals surface area contributed by atoms with E-state index in [2.05, 4.69) is 31.2 Å². The Balaban J connectivity index is 1.84. The van der Waals surface area contributed by atoms with E-state index in [1.165, 1.54) is 11.1 Å². The summed E-state index contributed by atoms with van der Waals surface area (Å²) in [7, 11) is 0. The molecule has 1 aromatic rings. The number of carbonyl (C=O) groups excluding carboxylic acids is 1. The van der Waals surface area contributed by atoms with Gasteiger partial charge >= 0.3 is 0 Å². The highest BCUT2D eigenvalue weighted by Crippen LogP contribution is 2.29. The minimum absolute atomic E-state index is 0.0904. The van der Waals surface area contributed by atoms with Crippen LogP contribution in [0.15, 0.2) is 24.3 Å². The molecule has 1 aliphatic rings. The Kier molecular flexibility index (Phi) is 6.40. The lowest BCUT2D eigenvalue weighted by Crippen LogP contribution is -2.38. The molecule has 1 fully saturated rings. The monoisotopic (exact) mass is 305 g/mol. The fourth-order valence-corrected chi connectivity index (χ4v) is 3.02. The van der Waals surface area contributed by atoms with Crippen molar-refractivity contribution in [3.05, 3.63) is 35.4 Å². The average Bonchev–Trinajstić information content (AvgIpc) is 3.00. The van der Waals surface area contributed by atoms with Crippen molar-refractivity contribution in [1.82, 2.24) is 4.90 Å². The standard InChI is InChI=1S/C18H27NO3/c1-4-21-11-12-22-15(3)18(20)19-10-9-16(13-19)17-8-6-5-7-14(17)2/h5-8,15-16H,4,9-13H2,1-3H3/t15-,16-/m1/s1. The highest BCUT2D eigenvalue weighted by Gasteiger charge is 2.30. The molecule has 0 radical (unpaired) electrons. The SMILES string of the molecule is CCOCCO[C@H](C)C(=O)N1CC[C@@H](c2ccccc2C)C1. The lowest BCUT2D eigenvalue weighted by atomic mass is 9.94. The molecule has 0 unspecified atom stereocenters. The van der Waals surface area contributed by atoms with E-state index >= 15 is 0 Å². The quantitative estimate of drug-likeness (QED) is 0.727. The van der Waals surface area contributed by atoms with E-state index in [-0.39, 0.29) is 5.91 Å². The Morgan fingerprint density at radius 3 is 2.86 bits per heavy atom. The molecule has 1 amide bonds. The number of rotatable bonds is 7. The van der Waals surface area contributed by atoms with Crippen molar-refractivity contribution >= 4 is 5.91 Å². The molecule has 0 aromatic heterocycles. The van der Waals surface area contributed by atoms with E-state index in [1.807, 2.05) is 18.7 Å². The predicted molar refractivity (Wildman–Crippen MR) is 87.0 cm³/mol. The highest BCUT2D eigenvalue weighted by atomic mass is 16.5. The Labute approximate surface area is 133 Å². The smallest absolute Gasteiger partial charge is 0.251 e. The summed E-state index contributed by atoms with van der Waals surface area (Å²) in [5.74, 6) is 0.536. The van der Waals surface area contributed by atoms with Crippen molar-refractivity contribution in [1.29, 1.82) is 0 Å². The average molecular weight is 305 g/mol. The molecule has 1 aromatic carbocycles. The van der Waals surface area contributed by atoms with Crippen molar-refractivity contribution in [2.45, 2.75) is 39.2 Å². The van der Waals surface area contributed by atoms with E-state index in [1.54, 1.807) is 0 Å². The van der Waals surface area contributed by atoms with Gasteiger partial charge in [0.2, 0.25) is 0 Å². The minimum Gasteiger partial charge on any atom is -0.379 e. The molecule has 0 spiro atoms. The van der Waals surface area contributed by atoms with Crippen molar-refractivity contribution in [2.24, 2.45) is 0 Å². The normalized spacial score (nSPS) is 19.4. The number of ether oxygens (including phenoxy) is 2. The number of aryl methyl sites for hydroxylation is 1. The Morgan fingerprint density at radius 1 is 1.36 bits per heavy atom. The molecule has 2 atom stereocenters. The van der Waals surface area contributed by atoms with Crippen LogP contribution in [0.5, 0.6) is 0 Å². The van der Waals surface area contributed by atoms with Crippen LogP contribution in [-0.4, -0.2) is 49.8 Å². The zero-order valence-electron chi connectivity index (χ0n) is 13.9. The van der Waals surface area contributed by atoms with E-state index < -0.39 is 6.10 Å². The van der Waals surface area contributed by atoms with Gasteiger partial charge in [0, 0.05) is 25.6 Å². The second-order valence-electron chi connectivity index (χ2n) is 5.84. The largest absolute Gasteiger partial charge is 0.379 e. The first-order chi connectivity index (χ1) is 10.6. The summed E-state index contributed by atoms with van der Waals surface area (Å²) in [5.41, 5.74) is 2.67. The van der Waals surface area contributed by atoms with Gasteiger partial charge in [-0.2, -0.15) is 0 Å². The molecule has 0 bridgehead atoms. The fraction of sp³-hybridized carbons (Fsp3) is 0.611. The van der Waals surface area contributed by atoms with Crippen molar-refractivity contribution in [3.63, 3.8) is 0 Å². The first-order valence-corrected chi connectivity index (χ1v) is 8.17. The molecule has 1 saturated heterocycles. The summed E-state index contributed by atoms with van der Waals surface area (Å²) < 4.78 is 10.8. The first kappa shape index (κ1) is 17.0. The Morgan fingerprint density at radius 2 is 2.14 bits per heavy atom. The lowest BCUT2D eigenvalue weighted by Gasteiger charge is -2.21. The molecule has 0 N–H and O–H groups in total. The van der Waals surface area contributed by atoms with Gasteiger partial charge in [0.15, 0.2) is 0 Å². The lowest BCUT2D eigenvalue weighted by molar-refractivity contribution is -0.142. The zero-order valence-corrected chi connectivity index (χ0v) is 13.9. The second kappa shape index (κ2) is 8.30. The summed E-state index contributed by atoms with van der Waals surface area (Å²) in [6.45, 7) is 9.21. The van der Waals surface area contributed by atoms with Gasteiger partial charge in [-0.15, -0.1) is 0 Å². The Bertz CT molecular complexity index is 489. The number of hydrogen-bond acceptors (Lipinski definition) is 3. The van der Waals surface area contributed by atoms with Crippen molar-refractivity contribution in [2.75, 3.05) is 32.9 Å². The Hall–Kier alpha value is -1.39. The van der Waals surface area contributed by atoms with Gasteiger partial charge in [-0.25, -0.2) is 0 Å². The molecule has 1 aliphatic heterocycles. The molecular weight excluding hydrogens is 278 g/mol. The van der Waals surface area contributed by atoms with Crippen molar-refractivity contribution in [3.8, 4) is 0 Å².